The van der Waals surface area contributed by atoms with Crippen LogP contribution in [0.15, 0.2) is 53.6 Å². The minimum Gasteiger partial charge on any atom is -0.489 e. The summed E-state index contributed by atoms with van der Waals surface area (Å²) in [6.07, 6.45) is 1.64. The van der Waals surface area contributed by atoms with Crippen LogP contribution >= 0.6 is 12.2 Å². The molecule has 0 aliphatic rings. The van der Waals surface area contributed by atoms with E-state index in [1.807, 2.05) is 36.4 Å². The molecule has 0 aliphatic heterocycles. The third kappa shape index (κ3) is 4.89. The van der Waals surface area contributed by atoms with Gasteiger partial charge in [-0.1, -0.05) is 24.3 Å². The molecule has 2 aromatic carbocycles. The molecule has 0 aromatic heterocycles. The Bertz CT molecular complexity index is 638. The zero-order valence-corrected chi connectivity index (χ0v) is 12.6. The van der Waals surface area contributed by atoms with Crippen LogP contribution < -0.4 is 15.9 Å². The summed E-state index contributed by atoms with van der Waals surface area (Å²) in [7, 11) is 0. The van der Waals surface area contributed by atoms with Crippen LogP contribution in [-0.2, 0) is 6.61 Å². The third-order valence-corrected chi connectivity index (χ3v) is 3.02. The fourth-order valence-electron chi connectivity index (χ4n) is 1.75. The Kier molecular flexibility index (Phi) is 5.29. The van der Waals surface area contributed by atoms with Gasteiger partial charge in [-0.15, -0.1) is 0 Å². The summed E-state index contributed by atoms with van der Waals surface area (Å²) in [4.78, 5) is 0. The second-order valence-electron chi connectivity index (χ2n) is 4.52. The van der Waals surface area contributed by atoms with Crippen molar-refractivity contribution in [3.8, 4) is 5.75 Å². The Balaban J connectivity index is 1.92. The largest absolute Gasteiger partial charge is 0.489 e. The first-order valence-electron chi connectivity index (χ1n) is 6.51. The zero-order chi connectivity index (χ0) is 15.1. The first-order valence-corrected chi connectivity index (χ1v) is 6.92. The van der Waals surface area contributed by atoms with E-state index in [1.54, 1.807) is 6.21 Å². The molecular weight excluding hydrogens is 282 g/mol. The number of hydrogen-bond acceptors (Lipinski definition) is 3. The monoisotopic (exact) mass is 299 g/mol. The fraction of sp³-hybridized carbons (Fsp3) is 0.125. The molecule has 2 rings (SSSR count). The van der Waals surface area contributed by atoms with Gasteiger partial charge in [0, 0.05) is 0 Å². The number of hydrogen-bond donors (Lipinski definition) is 2. The van der Waals surface area contributed by atoms with E-state index < -0.39 is 0 Å². The van der Waals surface area contributed by atoms with Crippen molar-refractivity contribution < 1.29 is 4.74 Å². The van der Waals surface area contributed by atoms with Crippen LogP contribution in [0.5, 0.6) is 5.75 Å². The minimum atomic E-state index is 0.143. The van der Waals surface area contributed by atoms with Gasteiger partial charge in [0.25, 0.3) is 0 Å². The number of aryl methyl sites for hydroxylation is 1. The van der Waals surface area contributed by atoms with Crippen molar-refractivity contribution in [2.45, 2.75) is 13.5 Å². The highest BCUT2D eigenvalue weighted by molar-refractivity contribution is 7.80. The van der Waals surface area contributed by atoms with Gasteiger partial charge < -0.3 is 10.5 Å². The molecule has 2 aromatic rings. The van der Waals surface area contributed by atoms with Gasteiger partial charge in [0.2, 0.25) is 0 Å². The predicted molar refractivity (Wildman–Crippen MR) is 89.5 cm³/mol. The number of rotatable bonds is 5. The van der Waals surface area contributed by atoms with Crippen molar-refractivity contribution in [1.29, 1.82) is 0 Å². The molecule has 21 heavy (non-hydrogen) atoms. The molecule has 0 amide bonds. The summed E-state index contributed by atoms with van der Waals surface area (Å²) in [5, 5.41) is 4.04. The molecule has 0 radical (unpaired) electrons. The van der Waals surface area contributed by atoms with Crippen LogP contribution in [0.1, 0.15) is 16.7 Å². The molecule has 4 nitrogen and oxygen atoms in total. The lowest BCUT2D eigenvalue weighted by molar-refractivity contribution is 0.305. The number of nitrogens with two attached hydrogens (primary N) is 1. The molecule has 0 saturated heterocycles. The van der Waals surface area contributed by atoms with Crippen LogP contribution in [0.2, 0.25) is 0 Å². The predicted octanol–water partition coefficient (Wildman–Crippen LogP) is 2.74. The molecule has 0 heterocycles. The Morgan fingerprint density at radius 3 is 2.62 bits per heavy atom. The summed E-state index contributed by atoms with van der Waals surface area (Å²) < 4.78 is 5.77. The number of nitrogens with zero attached hydrogens (tertiary/aromatic N) is 1. The van der Waals surface area contributed by atoms with Gasteiger partial charge >= 0.3 is 0 Å². The van der Waals surface area contributed by atoms with Crippen molar-refractivity contribution in [2.24, 2.45) is 10.8 Å². The maximum absolute atomic E-state index is 5.77. The van der Waals surface area contributed by atoms with E-state index in [4.69, 9.17) is 10.5 Å². The van der Waals surface area contributed by atoms with Crippen molar-refractivity contribution >= 4 is 23.5 Å². The van der Waals surface area contributed by atoms with Gasteiger partial charge in [-0.2, -0.15) is 5.10 Å². The summed E-state index contributed by atoms with van der Waals surface area (Å²) in [5.41, 5.74) is 11.1. The van der Waals surface area contributed by atoms with Crippen molar-refractivity contribution in [2.75, 3.05) is 0 Å². The molecule has 0 fully saturated rings. The standard InChI is InChI=1S/C16H17N3OS/c1-12-4-2-3-5-14(12)11-20-15-8-6-13(7-9-15)10-18-19-16(17)21/h2-10H,11H2,1H3,(H3,17,19,21)/b18-10-. The van der Waals surface area contributed by atoms with E-state index in [2.05, 4.69) is 41.8 Å². The van der Waals surface area contributed by atoms with E-state index in [0.717, 1.165) is 11.3 Å². The first-order chi connectivity index (χ1) is 10.1. The van der Waals surface area contributed by atoms with E-state index in [0.29, 0.717) is 6.61 Å². The smallest absolute Gasteiger partial charge is 0.184 e. The van der Waals surface area contributed by atoms with Crippen LogP contribution in [-0.4, -0.2) is 11.3 Å². The summed E-state index contributed by atoms with van der Waals surface area (Å²) in [5.74, 6) is 0.817. The second-order valence-corrected chi connectivity index (χ2v) is 4.96. The van der Waals surface area contributed by atoms with Gasteiger partial charge in [0.1, 0.15) is 12.4 Å². The molecule has 0 saturated carbocycles. The van der Waals surface area contributed by atoms with Gasteiger partial charge in [-0.3, -0.25) is 5.43 Å². The highest BCUT2D eigenvalue weighted by Crippen LogP contribution is 2.15. The molecule has 0 atom stereocenters. The van der Waals surface area contributed by atoms with E-state index in [-0.39, 0.29) is 5.11 Å². The SMILES string of the molecule is Cc1ccccc1COc1ccc(/C=N\NC(N)=S)cc1. The Hall–Kier alpha value is -2.40. The van der Waals surface area contributed by atoms with E-state index in [9.17, 15) is 0 Å². The molecule has 0 unspecified atom stereocenters. The lowest BCUT2D eigenvalue weighted by Crippen LogP contribution is -2.23. The molecular formula is C16H17N3OS. The second kappa shape index (κ2) is 7.40. The fourth-order valence-corrected chi connectivity index (χ4v) is 1.81. The molecule has 0 aliphatic carbocycles. The number of hydrazone groups is 1. The average Bonchev–Trinajstić information content (AvgIpc) is 2.47. The first kappa shape index (κ1) is 15.0. The van der Waals surface area contributed by atoms with Gasteiger partial charge in [-0.05, 0) is 60.1 Å². The molecule has 0 spiro atoms. The third-order valence-electron chi connectivity index (χ3n) is 2.92. The maximum Gasteiger partial charge on any atom is 0.184 e. The highest BCUT2D eigenvalue weighted by Gasteiger charge is 1.99. The topological polar surface area (TPSA) is 59.6 Å². The molecule has 108 valence electrons. The van der Waals surface area contributed by atoms with Gasteiger partial charge in [0.15, 0.2) is 5.11 Å². The summed E-state index contributed by atoms with van der Waals surface area (Å²) in [6.45, 7) is 2.64. The number of thiocarbonyl (C=S) groups is 1. The summed E-state index contributed by atoms with van der Waals surface area (Å²) >= 11 is 4.66. The van der Waals surface area contributed by atoms with Crippen LogP contribution in [0.25, 0.3) is 0 Å². The molecule has 5 heteroatoms. The van der Waals surface area contributed by atoms with Crippen molar-refractivity contribution in [3.05, 3.63) is 65.2 Å². The zero-order valence-electron chi connectivity index (χ0n) is 11.7. The Morgan fingerprint density at radius 2 is 1.95 bits per heavy atom. The van der Waals surface area contributed by atoms with Crippen LogP contribution in [0, 0.1) is 6.92 Å². The lowest BCUT2D eigenvalue weighted by Gasteiger charge is -2.08. The van der Waals surface area contributed by atoms with Crippen LogP contribution in [0.3, 0.4) is 0 Å². The van der Waals surface area contributed by atoms with E-state index in [1.165, 1.54) is 11.1 Å². The minimum absolute atomic E-state index is 0.143. The maximum atomic E-state index is 5.77. The lowest BCUT2D eigenvalue weighted by atomic mass is 10.1. The Labute approximate surface area is 129 Å². The number of ether oxygens (including phenoxy) is 1. The van der Waals surface area contributed by atoms with Gasteiger partial charge in [-0.25, -0.2) is 0 Å². The normalized spacial score (nSPS) is 10.5. The Morgan fingerprint density at radius 1 is 1.24 bits per heavy atom. The number of nitrogens with one attached hydrogen (secondary N) is 1. The quantitative estimate of drug-likeness (QED) is 0.506. The molecule has 0 bridgehead atoms. The summed E-state index contributed by atoms with van der Waals surface area (Å²) in [6, 6.07) is 15.8. The average molecular weight is 299 g/mol. The number of benzene rings is 2. The van der Waals surface area contributed by atoms with E-state index >= 15 is 0 Å². The highest BCUT2D eigenvalue weighted by atomic mass is 32.1. The molecule has 3 N–H and O–H groups in total. The van der Waals surface area contributed by atoms with Crippen molar-refractivity contribution in [3.63, 3.8) is 0 Å². The van der Waals surface area contributed by atoms with Crippen LogP contribution in [0.4, 0.5) is 0 Å². The van der Waals surface area contributed by atoms with Gasteiger partial charge in [0.05, 0.1) is 6.21 Å². The van der Waals surface area contributed by atoms with Crippen molar-refractivity contribution in [1.82, 2.24) is 5.43 Å².